The van der Waals surface area contributed by atoms with Crippen LogP contribution in [0.15, 0.2) is 30.5 Å². The Bertz CT molecular complexity index is 587. The lowest BCUT2D eigenvalue weighted by Gasteiger charge is -2.00. The summed E-state index contributed by atoms with van der Waals surface area (Å²) in [5.74, 6) is 0.405. The van der Waals surface area contributed by atoms with E-state index in [1.165, 1.54) is 36.9 Å². The van der Waals surface area contributed by atoms with E-state index in [4.69, 9.17) is 0 Å². The lowest BCUT2D eigenvalue weighted by Crippen LogP contribution is -1.96. The summed E-state index contributed by atoms with van der Waals surface area (Å²) in [6.45, 7) is 0. The molecule has 1 heterocycles. The molecule has 3 nitrogen and oxygen atoms in total. The molecule has 0 atom stereocenters. The van der Waals surface area contributed by atoms with Crippen molar-refractivity contribution in [2.24, 2.45) is 0 Å². The molecule has 1 aliphatic carbocycles. The second kappa shape index (κ2) is 4.53. The number of aromatic nitrogens is 1. The maximum atomic E-state index is 11.4. The summed E-state index contributed by atoms with van der Waals surface area (Å²) < 4.78 is 4.69. The fraction of sp³-hybridized carbons (Fsp3) is 0.286. The Hall–Kier alpha value is -1.68. The van der Waals surface area contributed by atoms with Gasteiger partial charge in [0.15, 0.2) is 0 Å². The van der Waals surface area contributed by atoms with Crippen LogP contribution in [-0.4, -0.2) is 18.1 Å². The third-order valence-corrected chi connectivity index (χ3v) is 4.10. The molecule has 1 aromatic heterocycles. The smallest absolute Gasteiger partial charge is 0.349 e. The van der Waals surface area contributed by atoms with E-state index in [0.29, 0.717) is 4.88 Å². The van der Waals surface area contributed by atoms with E-state index in [2.05, 4.69) is 27.9 Å². The Morgan fingerprint density at radius 2 is 2.28 bits per heavy atom. The summed E-state index contributed by atoms with van der Waals surface area (Å²) >= 11 is 1.37. The van der Waals surface area contributed by atoms with Crippen molar-refractivity contribution >= 4 is 17.3 Å². The van der Waals surface area contributed by atoms with Gasteiger partial charge in [0, 0.05) is 5.56 Å². The molecule has 1 aromatic carbocycles. The van der Waals surface area contributed by atoms with E-state index in [9.17, 15) is 4.79 Å². The number of benzene rings is 1. The van der Waals surface area contributed by atoms with Gasteiger partial charge in [-0.25, -0.2) is 9.78 Å². The van der Waals surface area contributed by atoms with Crippen molar-refractivity contribution in [1.82, 2.24) is 4.98 Å². The highest BCUT2D eigenvalue weighted by Crippen LogP contribution is 2.41. The molecule has 0 saturated heterocycles. The molecule has 0 amide bonds. The van der Waals surface area contributed by atoms with Gasteiger partial charge in [-0.1, -0.05) is 18.2 Å². The van der Waals surface area contributed by atoms with Gasteiger partial charge in [-0.2, -0.15) is 0 Å². The molecule has 0 spiro atoms. The first kappa shape index (κ1) is 11.4. The Morgan fingerprint density at radius 1 is 1.44 bits per heavy atom. The summed E-state index contributed by atoms with van der Waals surface area (Å²) in [7, 11) is 1.38. The lowest BCUT2D eigenvalue weighted by molar-refractivity contribution is 0.0606. The minimum atomic E-state index is -0.322. The number of carbonyl (C=O) groups is 1. The van der Waals surface area contributed by atoms with Crippen molar-refractivity contribution in [2.45, 2.75) is 18.8 Å². The number of hydrogen-bond donors (Lipinski definition) is 0. The maximum absolute atomic E-state index is 11.4. The summed E-state index contributed by atoms with van der Waals surface area (Å²) in [6.07, 6.45) is 4.15. The fourth-order valence-corrected chi connectivity index (χ4v) is 2.78. The number of hydrogen-bond acceptors (Lipinski definition) is 4. The van der Waals surface area contributed by atoms with Crippen LogP contribution in [-0.2, 0) is 4.74 Å². The lowest BCUT2D eigenvalue weighted by atomic mass is 10.1. The van der Waals surface area contributed by atoms with Crippen LogP contribution in [0.1, 0.15) is 34.0 Å². The highest BCUT2D eigenvalue weighted by atomic mass is 32.1. The number of nitrogens with zero attached hydrogens (tertiary/aromatic N) is 1. The molecule has 1 aliphatic rings. The number of rotatable bonds is 3. The van der Waals surface area contributed by atoms with Crippen LogP contribution in [0.5, 0.6) is 0 Å². The van der Waals surface area contributed by atoms with Gasteiger partial charge in [-0.05, 0) is 30.4 Å². The average Bonchev–Trinajstić information content (AvgIpc) is 3.15. The van der Waals surface area contributed by atoms with Crippen molar-refractivity contribution in [3.63, 3.8) is 0 Å². The highest BCUT2D eigenvalue weighted by Gasteiger charge is 2.23. The maximum Gasteiger partial charge on any atom is 0.349 e. The molecular weight excluding hydrogens is 246 g/mol. The molecule has 1 saturated carbocycles. The van der Waals surface area contributed by atoms with Crippen LogP contribution in [0.25, 0.3) is 10.6 Å². The van der Waals surface area contributed by atoms with Gasteiger partial charge in [-0.15, -0.1) is 11.3 Å². The first-order valence-electron chi connectivity index (χ1n) is 5.92. The third-order valence-electron chi connectivity index (χ3n) is 3.07. The van der Waals surface area contributed by atoms with Crippen molar-refractivity contribution in [3.05, 3.63) is 40.9 Å². The fourth-order valence-electron chi connectivity index (χ4n) is 1.94. The zero-order valence-electron chi connectivity index (χ0n) is 10.1. The third kappa shape index (κ3) is 2.16. The molecule has 0 radical (unpaired) electrons. The summed E-state index contributed by atoms with van der Waals surface area (Å²) in [5, 5.41) is 0.873. The van der Waals surface area contributed by atoms with Crippen molar-refractivity contribution in [1.29, 1.82) is 0 Å². The van der Waals surface area contributed by atoms with Crippen molar-refractivity contribution in [3.8, 4) is 10.6 Å². The normalized spacial score (nSPS) is 14.5. The SMILES string of the molecule is COC(=O)c1cnc(-c2cccc(C3CC3)c2)s1. The van der Waals surface area contributed by atoms with Gasteiger partial charge >= 0.3 is 5.97 Å². The van der Waals surface area contributed by atoms with Crippen molar-refractivity contribution < 1.29 is 9.53 Å². The van der Waals surface area contributed by atoms with Crippen LogP contribution < -0.4 is 0 Å². The van der Waals surface area contributed by atoms with Gasteiger partial charge in [0.2, 0.25) is 0 Å². The molecule has 0 N–H and O–H groups in total. The minimum Gasteiger partial charge on any atom is -0.465 e. The standard InChI is InChI=1S/C14H13NO2S/c1-17-14(16)12-8-15-13(18-12)11-4-2-3-10(7-11)9-5-6-9/h2-4,7-9H,5-6H2,1H3. The van der Waals surface area contributed by atoms with Crippen LogP contribution in [0.4, 0.5) is 0 Å². The molecule has 92 valence electrons. The molecular formula is C14H13NO2S. The Balaban J connectivity index is 1.91. The Labute approximate surface area is 109 Å². The number of ether oxygens (including phenoxy) is 1. The average molecular weight is 259 g/mol. The second-order valence-electron chi connectivity index (χ2n) is 4.42. The zero-order valence-corrected chi connectivity index (χ0v) is 10.9. The van der Waals surface area contributed by atoms with Crippen LogP contribution in [0.2, 0.25) is 0 Å². The van der Waals surface area contributed by atoms with E-state index in [1.807, 2.05) is 6.07 Å². The Kier molecular flexibility index (Phi) is 2.88. The van der Waals surface area contributed by atoms with Gasteiger partial charge in [0.1, 0.15) is 9.88 Å². The number of thiazole rings is 1. The first-order valence-corrected chi connectivity index (χ1v) is 6.74. The van der Waals surface area contributed by atoms with Crippen molar-refractivity contribution in [2.75, 3.05) is 7.11 Å². The van der Waals surface area contributed by atoms with Gasteiger partial charge in [-0.3, -0.25) is 0 Å². The highest BCUT2D eigenvalue weighted by molar-refractivity contribution is 7.16. The molecule has 0 unspecified atom stereocenters. The zero-order chi connectivity index (χ0) is 12.5. The monoisotopic (exact) mass is 259 g/mol. The number of methoxy groups -OCH3 is 1. The second-order valence-corrected chi connectivity index (χ2v) is 5.45. The number of carbonyl (C=O) groups excluding carboxylic acids is 1. The molecule has 1 fully saturated rings. The van der Waals surface area contributed by atoms with E-state index < -0.39 is 0 Å². The van der Waals surface area contributed by atoms with Gasteiger partial charge < -0.3 is 4.74 Å². The Morgan fingerprint density at radius 3 is 3.00 bits per heavy atom. The van der Waals surface area contributed by atoms with E-state index in [1.54, 1.807) is 6.20 Å². The van der Waals surface area contributed by atoms with E-state index in [0.717, 1.165) is 16.5 Å². The summed E-state index contributed by atoms with van der Waals surface area (Å²) in [5.41, 5.74) is 2.46. The van der Waals surface area contributed by atoms with Gasteiger partial charge in [0.25, 0.3) is 0 Å². The van der Waals surface area contributed by atoms with Crippen LogP contribution >= 0.6 is 11.3 Å². The molecule has 0 aliphatic heterocycles. The van der Waals surface area contributed by atoms with E-state index >= 15 is 0 Å². The molecule has 0 bridgehead atoms. The summed E-state index contributed by atoms with van der Waals surface area (Å²) in [4.78, 5) is 16.2. The molecule has 4 heteroatoms. The molecule has 3 rings (SSSR count). The first-order chi connectivity index (χ1) is 8.78. The van der Waals surface area contributed by atoms with Gasteiger partial charge in [0.05, 0.1) is 13.3 Å². The summed E-state index contributed by atoms with van der Waals surface area (Å²) in [6, 6.07) is 8.43. The molecule has 18 heavy (non-hydrogen) atoms. The largest absolute Gasteiger partial charge is 0.465 e. The van der Waals surface area contributed by atoms with E-state index in [-0.39, 0.29) is 5.97 Å². The quantitative estimate of drug-likeness (QED) is 0.792. The van der Waals surface area contributed by atoms with Crippen LogP contribution in [0, 0.1) is 0 Å². The predicted molar refractivity (Wildman–Crippen MR) is 70.9 cm³/mol. The minimum absolute atomic E-state index is 0.322. The molecule has 2 aromatic rings. The number of esters is 1. The van der Waals surface area contributed by atoms with Crippen LogP contribution in [0.3, 0.4) is 0 Å². The predicted octanol–water partition coefficient (Wildman–Crippen LogP) is 3.47. The topological polar surface area (TPSA) is 39.2 Å².